The van der Waals surface area contributed by atoms with Crippen LogP contribution in [0.1, 0.15) is 49.0 Å². The van der Waals surface area contributed by atoms with Crippen molar-refractivity contribution in [3.05, 3.63) is 35.9 Å². The van der Waals surface area contributed by atoms with E-state index in [0.717, 1.165) is 49.5 Å². The van der Waals surface area contributed by atoms with Crippen LogP contribution in [0.4, 0.5) is 0 Å². The molecule has 0 N–H and O–H groups in total. The number of likely N-dealkylation sites (tertiary alicyclic amines) is 1. The maximum atomic E-state index is 13.1. The molecule has 7 heteroatoms. The minimum absolute atomic E-state index is 0.177. The van der Waals surface area contributed by atoms with E-state index >= 15 is 0 Å². The summed E-state index contributed by atoms with van der Waals surface area (Å²) in [6.45, 7) is 1.71. The Morgan fingerprint density at radius 1 is 1.12 bits per heavy atom. The average molecular weight is 343 g/mol. The van der Waals surface area contributed by atoms with Crippen LogP contribution in [0.2, 0.25) is 0 Å². The molecule has 2 aromatic rings. The molecule has 0 radical (unpaired) electrons. The highest BCUT2D eigenvalue weighted by Gasteiger charge is 2.33. The fourth-order valence-corrected chi connectivity index (χ4v) is 4.22. The standard InChI is InChI=1S/C17H21N5OS/c23-16(21-11-5-2-6-12-21)15(13-7-3-1-4-8-13)24-17-18-19-20-22(17)14-9-10-14/h1,3-4,7-8,14-15H,2,5-6,9-12H2/t15-/m0/s1. The lowest BCUT2D eigenvalue weighted by Gasteiger charge is -2.30. The van der Waals surface area contributed by atoms with Gasteiger partial charge in [-0.2, -0.15) is 0 Å². The highest BCUT2D eigenvalue weighted by atomic mass is 32.2. The van der Waals surface area contributed by atoms with Gasteiger partial charge in [0.1, 0.15) is 5.25 Å². The van der Waals surface area contributed by atoms with Gasteiger partial charge in [0, 0.05) is 13.1 Å². The summed E-state index contributed by atoms with van der Waals surface area (Å²) in [5, 5.41) is 12.6. The number of piperidine rings is 1. The predicted octanol–water partition coefficient (Wildman–Crippen LogP) is 2.85. The van der Waals surface area contributed by atoms with E-state index in [1.165, 1.54) is 18.2 Å². The predicted molar refractivity (Wildman–Crippen MR) is 91.6 cm³/mol. The molecule has 1 aliphatic carbocycles. The molecule has 1 aromatic carbocycles. The number of amides is 1. The molecule has 1 saturated heterocycles. The summed E-state index contributed by atoms with van der Waals surface area (Å²) >= 11 is 1.48. The van der Waals surface area contributed by atoms with Crippen LogP contribution in [0.5, 0.6) is 0 Å². The Kier molecular flexibility index (Phi) is 4.51. The quantitative estimate of drug-likeness (QED) is 0.781. The van der Waals surface area contributed by atoms with Crippen LogP contribution < -0.4 is 0 Å². The van der Waals surface area contributed by atoms with Crippen molar-refractivity contribution in [2.45, 2.75) is 48.6 Å². The van der Waals surface area contributed by atoms with Gasteiger partial charge in [0.2, 0.25) is 11.1 Å². The Bertz CT molecular complexity index is 694. The van der Waals surface area contributed by atoms with Crippen molar-refractivity contribution in [3.8, 4) is 0 Å². The normalized spacial score (nSPS) is 19.2. The lowest BCUT2D eigenvalue weighted by molar-refractivity contribution is -0.131. The fourth-order valence-electron chi connectivity index (χ4n) is 3.09. The summed E-state index contributed by atoms with van der Waals surface area (Å²) in [4.78, 5) is 15.1. The molecule has 1 aromatic heterocycles. The van der Waals surface area contributed by atoms with Crippen LogP contribution in [0.3, 0.4) is 0 Å². The lowest BCUT2D eigenvalue weighted by Crippen LogP contribution is -2.38. The highest BCUT2D eigenvalue weighted by molar-refractivity contribution is 8.00. The molecule has 126 valence electrons. The number of hydrogen-bond donors (Lipinski definition) is 0. The monoisotopic (exact) mass is 343 g/mol. The maximum absolute atomic E-state index is 13.1. The second-order valence-corrected chi connectivity index (χ2v) is 7.50. The number of thioether (sulfide) groups is 1. The largest absolute Gasteiger partial charge is 0.341 e. The molecule has 4 rings (SSSR count). The molecule has 1 saturated carbocycles. The van der Waals surface area contributed by atoms with E-state index in [2.05, 4.69) is 15.5 Å². The van der Waals surface area contributed by atoms with E-state index in [9.17, 15) is 4.79 Å². The number of carbonyl (C=O) groups is 1. The number of benzene rings is 1. The van der Waals surface area contributed by atoms with Crippen LogP contribution in [-0.4, -0.2) is 44.1 Å². The van der Waals surface area contributed by atoms with Gasteiger partial charge in [-0.05, 0) is 48.1 Å². The summed E-state index contributed by atoms with van der Waals surface area (Å²) in [5.74, 6) is 0.177. The minimum Gasteiger partial charge on any atom is -0.341 e. The Morgan fingerprint density at radius 3 is 2.58 bits per heavy atom. The Morgan fingerprint density at radius 2 is 1.88 bits per heavy atom. The number of tetrazole rings is 1. The third-order valence-corrected chi connectivity index (χ3v) is 5.76. The SMILES string of the molecule is O=C([C@@H](Sc1nnnn1C1CC1)c1ccccc1)N1CCCCC1. The molecule has 2 aliphatic rings. The summed E-state index contributed by atoms with van der Waals surface area (Å²) in [5.41, 5.74) is 1.02. The molecule has 0 bridgehead atoms. The summed E-state index contributed by atoms with van der Waals surface area (Å²) in [7, 11) is 0. The molecule has 2 fully saturated rings. The molecule has 2 heterocycles. The van der Waals surface area contributed by atoms with E-state index in [1.54, 1.807) is 0 Å². The van der Waals surface area contributed by atoms with Crippen molar-refractivity contribution in [1.29, 1.82) is 0 Å². The molecule has 0 unspecified atom stereocenters. The second kappa shape index (κ2) is 6.93. The zero-order valence-corrected chi connectivity index (χ0v) is 14.4. The molecule has 0 spiro atoms. The van der Waals surface area contributed by atoms with Gasteiger partial charge in [-0.1, -0.05) is 42.1 Å². The van der Waals surface area contributed by atoms with E-state index < -0.39 is 0 Å². The van der Waals surface area contributed by atoms with Crippen LogP contribution in [-0.2, 0) is 4.79 Å². The van der Waals surface area contributed by atoms with Crippen molar-refractivity contribution in [2.75, 3.05) is 13.1 Å². The van der Waals surface area contributed by atoms with E-state index in [1.807, 2.05) is 39.9 Å². The van der Waals surface area contributed by atoms with Crippen LogP contribution in [0.15, 0.2) is 35.5 Å². The Balaban J connectivity index is 1.60. The van der Waals surface area contributed by atoms with Gasteiger partial charge in [-0.15, -0.1) is 5.10 Å². The Hall–Kier alpha value is -1.89. The van der Waals surface area contributed by atoms with Gasteiger partial charge in [0.15, 0.2) is 0 Å². The average Bonchev–Trinajstić information content (AvgIpc) is 3.39. The second-order valence-electron chi connectivity index (χ2n) is 6.43. The van der Waals surface area contributed by atoms with Crippen molar-refractivity contribution in [3.63, 3.8) is 0 Å². The van der Waals surface area contributed by atoms with Gasteiger partial charge in [0.05, 0.1) is 6.04 Å². The van der Waals surface area contributed by atoms with Crippen LogP contribution in [0, 0.1) is 0 Å². The zero-order valence-electron chi connectivity index (χ0n) is 13.5. The van der Waals surface area contributed by atoms with Crippen molar-refractivity contribution in [1.82, 2.24) is 25.1 Å². The smallest absolute Gasteiger partial charge is 0.240 e. The first kappa shape index (κ1) is 15.6. The van der Waals surface area contributed by atoms with Gasteiger partial charge < -0.3 is 4.90 Å². The molecule has 6 nitrogen and oxygen atoms in total. The molecular weight excluding hydrogens is 322 g/mol. The van der Waals surface area contributed by atoms with E-state index in [-0.39, 0.29) is 11.2 Å². The first-order chi connectivity index (χ1) is 11.8. The lowest BCUT2D eigenvalue weighted by atomic mass is 10.1. The number of nitrogens with zero attached hydrogens (tertiary/aromatic N) is 5. The number of carbonyl (C=O) groups excluding carboxylic acids is 1. The van der Waals surface area contributed by atoms with Crippen molar-refractivity contribution in [2.24, 2.45) is 0 Å². The molecule has 1 atom stereocenters. The summed E-state index contributed by atoms with van der Waals surface area (Å²) in [6.07, 6.45) is 5.64. The van der Waals surface area contributed by atoms with Crippen LogP contribution in [0.25, 0.3) is 0 Å². The van der Waals surface area contributed by atoms with Crippen molar-refractivity contribution < 1.29 is 4.79 Å². The fraction of sp³-hybridized carbons (Fsp3) is 0.529. The zero-order chi connectivity index (χ0) is 16.4. The minimum atomic E-state index is -0.284. The molecule has 1 amide bonds. The number of hydrogen-bond acceptors (Lipinski definition) is 5. The summed E-state index contributed by atoms with van der Waals surface area (Å²) < 4.78 is 1.88. The van der Waals surface area contributed by atoms with E-state index in [4.69, 9.17) is 0 Å². The number of aromatic nitrogens is 4. The maximum Gasteiger partial charge on any atom is 0.240 e. The third kappa shape index (κ3) is 3.31. The molecule has 1 aliphatic heterocycles. The highest BCUT2D eigenvalue weighted by Crippen LogP contribution is 2.41. The summed E-state index contributed by atoms with van der Waals surface area (Å²) in [6, 6.07) is 10.4. The van der Waals surface area contributed by atoms with E-state index in [0.29, 0.717) is 6.04 Å². The molecule has 24 heavy (non-hydrogen) atoms. The number of rotatable bonds is 5. The van der Waals surface area contributed by atoms with Gasteiger partial charge in [-0.3, -0.25) is 4.79 Å². The van der Waals surface area contributed by atoms with Crippen molar-refractivity contribution >= 4 is 17.7 Å². The van der Waals surface area contributed by atoms with Gasteiger partial charge in [0.25, 0.3) is 0 Å². The molecular formula is C17H21N5OS. The van der Waals surface area contributed by atoms with Gasteiger partial charge >= 0.3 is 0 Å². The first-order valence-corrected chi connectivity index (χ1v) is 9.49. The first-order valence-electron chi connectivity index (χ1n) is 8.61. The van der Waals surface area contributed by atoms with Crippen LogP contribution >= 0.6 is 11.8 Å². The Labute approximate surface area is 145 Å². The van der Waals surface area contributed by atoms with Gasteiger partial charge in [-0.25, -0.2) is 4.68 Å². The topological polar surface area (TPSA) is 63.9 Å². The third-order valence-electron chi connectivity index (χ3n) is 4.57.